The molecule has 26 heavy (non-hydrogen) atoms. The highest BCUT2D eigenvalue weighted by Gasteiger charge is 2.40. The van der Waals surface area contributed by atoms with Crippen molar-refractivity contribution in [2.45, 2.75) is 39.7 Å². The summed E-state index contributed by atoms with van der Waals surface area (Å²) >= 11 is 0. The van der Waals surface area contributed by atoms with Gasteiger partial charge in [0.15, 0.2) is 5.78 Å². The highest BCUT2D eigenvalue weighted by molar-refractivity contribution is 6.01. The minimum atomic E-state index is -0.0454. The number of ketones is 1. The first-order valence-electron chi connectivity index (χ1n) is 9.44. The molecule has 2 aromatic carbocycles. The molecule has 1 N–H and O–H groups in total. The zero-order valence-corrected chi connectivity index (χ0v) is 15.8. The van der Waals surface area contributed by atoms with E-state index in [1.165, 1.54) is 5.56 Å². The predicted molar refractivity (Wildman–Crippen MR) is 107 cm³/mol. The molecule has 0 fully saturated rings. The molecular formula is C23H26N2O. The number of rotatable bonds is 2. The SMILES string of the molecule is CCN1c2ccccc2NC2=C(C(=O)CC(C)(C)C2)[C@H]1c1ccccc1. The summed E-state index contributed by atoms with van der Waals surface area (Å²) in [6, 6.07) is 18.8. The molecule has 1 aliphatic carbocycles. The Morgan fingerprint density at radius 1 is 1.04 bits per heavy atom. The molecule has 0 saturated carbocycles. The summed E-state index contributed by atoms with van der Waals surface area (Å²) < 4.78 is 0. The summed E-state index contributed by atoms with van der Waals surface area (Å²) in [5, 5.41) is 3.63. The molecule has 4 rings (SSSR count). The highest BCUT2D eigenvalue weighted by atomic mass is 16.1. The molecule has 0 amide bonds. The van der Waals surface area contributed by atoms with Crippen LogP contribution in [0.25, 0.3) is 0 Å². The molecule has 134 valence electrons. The highest BCUT2D eigenvalue weighted by Crippen LogP contribution is 2.47. The van der Waals surface area contributed by atoms with E-state index in [9.17, 15) is 4.79 Å². The molecule has 2 aromatic rings. The number of nitrogens with one attached hydrogen (secondary N) is 1. The first-order chi connectivity index (χ1) is 12.5. The molecule has 0 saturated heterocycles. The van der Waals surface area contributed by atoms with E-state index in [1.807, 2.05) is 6.07 Å². The van der Waals surface area contributed by atoms with Crippen molar-refractivity contribution in [3.63, 3.8) is 0 Å². The van der Waals surface area contributed by atoms with Gasteiger partial charge in [-0.05, 0) is 36.5 Å². The Morgan fingerprint density at radius 3 is 2.46 bits per heavy atom. The fourth-order valence-electron chi connectivity index (χ4n) is 4.39. The Balaban J connectivity index is 1.97. The number of para-hydroxylation sites is 2. The Morgan fingerprint density at radius 2 is 1.73 bits per heavy atom. The number of benzene rings is 2. The molecular weight excluding hydrogens is 320 g/mol. The van der Waals surface area contributed by atoms with E-state index in [1.54, 1.807) is 0 Å². The average Bonchev–Trinajstić information content (AvgIpc) is 2.75. The van der Waals surface area contributed by atoms with Crippen LogP contribution in [0.4, 0.5) is 11.4 Å². The van der Waals surface area contributed by atoms with Crippen molar-refractivity contribution in [1.82, 2.24) is 0 Å². The van der Waals surface area contributed by atoms with Crippen molar-refractivity contribution in [2.75, 3.05) is 16.8 Å². The number of allylic oxidation sites excluding steroid dienone is 1. The van der Waals surface area contributed by atoms with Crippen LogP contribution in [0.2, 0.25) is 0 Å². The molecule has 1 heterocycles. The second kappa shape index (κ2) is 6.31. The quantitative estimate of drug-likeness (QED) is 0.798. The van der Waals surface area contributed by atoms with Crippen LogP contribution in [0.3, 0.4) is 0 Å². The lowest BCUT2D eigenvalue weighted by atomic mass is 9.73. The van der Waals surface area contributed by atoms with Crippen LogP contribution in [0, 0.1) is 5.41 Å². The van der Waals surface area contributed by atoms with Crippen LogP contribution in [0.1, 0.15) is 45.2 Å². The van der Waals surface area contributed by atoms with Gasteiger partial charge in [-0.3, -0.25) is 4.79 Å². The Labute approximate surface area is 155 Å². The first kappa shape index (κ1) is 16.9. The van der Waals surface area contributed by atoms with Gasteiger partial charge in [0, 0.05) is 24.2 Å². The topological polar surface area (TPSA) is 32.3 Å². The van der Waals surface area contributed by atoms with Crippen LogP contribution >= 0.6 is 0 Å². The van der Waals surface area contributed by atoms with E-state index in [4.69, 9.17) is 0 Å². The van der Waals surface area contributed by atoms with Gasteiger partial charge in [-0.1, -0.05) is 56.3 Å². The number of likely N-dealkylation sites (N-methyl/N-ethyl adjacent to an activating group) is 1. The molecule has 0 spiro atoms. The fraction of sp³-hybridized carbons (Fsp3) is 0.348. The van der Waals surface area contributed by atoms with Gasteiger partial charge in [-0.25, -0.2) is 0 Å². The maximum absolute atomic E-state index is 13.3. The summed E-state index contributed by atoms with van der Waals surface area (Å²) in [6.07, 6.45) is 1.49. The summed E-state index contributed by atoms with van der Waals surface area (Å²) in [6.45, 7) is 7.37. The Bertz CT molecular complexity index is 867. The maximum atomic E-state index is 13.3. The van der Waals surface area contributed by atoms with E-state index in [2.05, 4.69) is 79.5 Å². The van der Waals surface area contributed by atoms with Gasteiger partial charge in [0.2, 0.25) is 0 Å². The number of carbonyl (C=O) groups excluding carboxylic acids is 1. The molecule has 3 heteroatoms. The number of nitrogens with zero attached hydrogens (tertiary/aromatic N) is 1. The zero-order valence-electron chi connectivity index (χ0n) is 15.8. The summed E-state index contributed by atoms with van der Waals surface area (Å²) in [7, 11) is 0. The smallest absolute Gasteiger partial charge is 0.163 e. The molecule has 0 radical (unpaired) electrons. The molecule has 3 nitrogen and oxygen atoms in total. The lowest BCUT2D eigenvalue weighted by molar-refractivity contribution is -0.118. The second-order valence-corrected chi connectivity index (χ2v) is 8.07. The van der Waals surface area contributed by atoms with Gasteiger partial charge < -0.3 is 10.2 Å². The normalized spacial score (nSPS) is 21.6. The number of carbonyl (C=O) groups is 1. The third-order valence-electron chi connectivity index (χ3n) is 5.46. The lowest BCUT2D eigenvalue weighted by Crippen LogP contribution is -2.36. The second-order valence-electron chi connectivity index (χ2n) is 8.07. The number of Topliss-reactive ketones (excluding diaryl/α,β-unsaturated/α-hetero) is 1. The van der Waals surface area contributed by atoms with Crippen LogP contribution in [-0.4, -0.2) is 12.3 Å². The molecule has 0 unspecified atom stereocenters. The van der Waals surface area contributed by atoms with Crippen LogP contribution in [0.15, 0.2) is 65.9 Å². The minimum Gasteiger partial charge on any atom is -0.359 e. The van der Waals surface area contributed by atoms with E-state index in [0.29, 0.717) is 6.42 Å². The molecule has 1 atom stereocenters. The molecule has 2 aliphatic rings. The van der Waals surface area contributed by atoms with Crippen molar-refractivity contribution >= 4 is 17.2 Å². The van der Waals surface area contributed by atoms with E-state index >= 15 is 0 Å². The van der Waals surface area contributed by atoms with Crippen molar-refractivity contribution in [3.8, 4) is 0 Å². The van der Waals surface area contributed by atoms with Crippen molar-refractivity contribution in [1.29, 1.82) is 0 Å². The fourth-order valence-corrected chi connectivity index (χ4v) is 4.39. The summed E-state index contributed by atoms with van der Waals surface area (Å²) in [5.74, 6) is 0.267. The first-order valence-corrected chi connectivity index (χ1v) is 9.44. The number of fused-ring (bicyclic) bond motifs is 1. The van der Waals surface area contributed by atoms with Gasteiger partial charge >= 0.3 is 0 Å². The Kier molecular flexibility index (Phi) is 4.10. The summed E-state index contributed by atoms with van der Waals surface area (Å²) in [5.41, 5.74) is 5.43. The summed E-state index contributed by atoms with van der Waals surface area (Å²) in [4.78, 5) is 15.6. The molecule has 1 aliphatic heterocycles. The van der Waals surface area contributed by atoms with Gasteiger partial charge in [0.1, 0.15) is 0 Å². The van der Waals surface area contributed by atoms with Gasteiger partial charge in [0.05, 0.1) is 17.4 Å². The minimum absolute atomic E-state index is 0.0134. The number of hydrogen-bond acceptors (Lipinski definition) is 3. The predicted octanol–water partition coefficient (Wildman–Crippen LogP) is 5.32. The van der Waals surface area contributed by atoms with Crippen LogP contribution in [0.5, 0.6) is 0 Å². The van der Waals surface area contributed by atoms with Crippen molar-refractivity contribution < 1.29 is 4.79 Å². The van der Waals surface area contributed by atoms with E-state index in [0.717, 1.165) is 35.6 Å². The third-order valence-corrected chi connectivity index (χ3v) is 5.46. The van der Waals surface area contributed by atoms with Crippen molar-refractivity contribution in [3.05, 3.63) is 71.4 Å². The standard InChI is InChI=1S/C23H26N2O/c1-4-25-19-13-9-8-12-17(19)24-18-14-23(2,3)15-20(26)21(18)22(25)16-10-6-5-7-11-16/h5-13,22,24H,4,14-15H2,1-3H3/t22-/m1/s1. The van der Waals surface area contributed by atoms with E-state index in [-0.39, 0.29) is 17.2 Å². The zero-order chi connectivity index (χ0) is 18.3. The average molecular weight is 346 g/mol. The maximum Gasteiger partial charge on any atom is 0.163 e. The van der Waals surface area contributed by atoms with Gasteiger partial charge in [-0.2, -0.15) is 0 Å². The number of hydrogen-bond donors (Lipinski definition) is 1. The third kappa shape index (κ3) is 2.82. The van der Waals surface area contributed by atoms with E-state index < -0.39 is 0 Å². The van der Waals surface area contributed by atoms with Gasteiger partial charge in [0.25, 0.3) is 0 Å². The molecule has 0 aromatic heterocycles. The van der Waals surface area contributed by atoms with Crippen LogP contribution < -0.4 is 10.2 Å². The molecule has 0 bridgehead atoms. The lowest BCUT2D eigenvalue weighted by Gasteiger charge is -2.37. The monoisotopic (exact) mass is 346 g/mol. The van der Waals surface area contributed by atoms with Gasteiger partial charge in [-0.15, -0.1) is 0 Å². The Hall–Kier alpha value is -2.55. The van der Waals surface area contributed by atoms with Crippen molar-refractivity contribution in [2.24, 2.45) is 5.41 Å². The largest absolute Gasteiger partial charge is 0.359 e. The van der Waals surface area contributed by atoms with Crippen LogP contribution in [-0.2, 0) is 4.79 Å². The number of anilines is 2.